The molecule has 0 aliphatic carbocycles. The lowest BCUT2D eigenvalue weighted by atomic mass is 10.1. The maximum Gasteiger partial charge on any atom is 0.0654 e. The minimum atomic E-state index is 0.415. The number of hydrogen-bond acceptors (Lipinski definition) is 2. The van der Waals surface area contributed by atoms with Gasteiger partial charge in [0.25, 0.3) is 0 Å². The van der Waals surface area contributed by atoms with Crippen molar-refractivity contribution in [3.63, 3.8) is 0 Å². The van der Waals surface area contributed by atoms with Crippen molar-refractivity contribution in [3.8, 4) is 0 Å². The molecule has 0 aliphatic heterocycles. The number of hydrogen-bond donors (Lipinski definition) is 0. The van der Waals surface area contributed by atoms with Crippen LogP contribution < -0.4 is 0 Å². The van der Waals surface area contributed by atoms with Gasteiger partial charge in [-0.05, 0) is 59.1 Å². The fourth-order valence-electron chi connectivity index (χ4n) is 2.34. The van der Waals surface area contributed by atoms with Crippen LogP contribution in [0.5, 0.6) is 0 Å². The zero-order valence-corrected chi connectivity index (χ0v) is 12.6. The largest absolute Gasteiger partial charge is 0.270 e. The van der Waals surface area contributed by atoms with Gasteiger partial charge in [0.05, 0.1) is 5.69 Å². The summed E-state index contributed by atoms with van der Waals surface area (Å²) in [4.78, 5) is 0. The molecule has 4 nitrogen and oxygen atoms in total. The van der Waals surface area contributed by atoms with Gasteiger partial charge in [0.1, 0.15) is 0 Å². The van der Waals surface area contributed by atoms with Crippen LogP contribution in [-0.4, -0.2) is 19.6 Å². The standard InChI is InChI=1S/C15H24N4/c1-11(2)18-10-12(3)15(17-18)7-6-13(4)19-14(5)8-9-16-19/h8-11,13H,6-7H2,1-5H3. The van der Waals surface area contributed by atoms with E-state index in [1.165, 1.54) is 17.0 Å². The quantitative estimate of drug-likeness (QED) is 0.825. The molecule has 0 saturated heterocycles. The van der Waals surface area contributed by atoms with Gasteiger partial charge < -0.3 is 0 Å². The van der Waals surface area contributed by atoms with Crippen LogP contribution in [0, 0.1) is 13.8 Å². The summed E-state index contributed by atoms with van der Waals surface area (Å²) in [6.07, 6.45) is 6.08. The Labute approximate surface area is 115 Å². The molecule has 0 radical (unpaired) electrons. The maximum absolute atomic E-state index is 4.67. The topological polar surface area (TPSA) is 35.6 Å². The van der Waals surface area contributed by atoms with E-state index in [0.717, 1.165) is 12.8 Å². The van der Waals surface area contributed by atoms with Crippen LogP contribution in [0.25, 0.3) is 0 Å². The SMILES string of the molecule is Cc1cn(C(C)C)nc1CCC(C)n1nccc1C. The van der Waals surface area contributed by atoms with E-state index in [1.807, 2.05) is 6.20 Å². The van der Waals surface area contributed by atoms with Gasteiger partial charge in [-0.25, -0.2) is 0 Å². The van der Waals surface area contributed by atoms with Crippen molar-refractivity contribution in [2.45, 2.75) is 59.5 Å². The average Bonchev–Trinajstić information content (AvgIpc) is 2.93. The van der Waals surface area contributed by atoms with Gasteiger partial charge in [0.2, 0.25) is 0 Å². The average molecular weight is 260 g/mol. The molecule has 104 valence electrons. The zero-order valence-electron chi connectivity index (χ0n) is 12.6. The third-order valence-corrected chi connectivity index (χ3v) is 3.63. The van der Waals surface area contributed by atoms with Crippen molar-refractivity contribution >= 4 is 0 Å². The van der Waals surface area contributed by atoms with Crippen molar-refractivity contribution in [1.82, 2.24) is 19.6 Å². The molecule has 0 fully saturated rings. The Balaban J connectivity index is 2.01. The number of rotatable bonds is 5. The predicted molar refractivity (Wildman–Crippen MR) is 77.3 cm³/mol. The van der Waals surface area contributed by atoms with Gasteiger partial charge in [-0.2, -0.15) is 10.2 Å². The molecule has 0 saturated carbocycles. The number of aryl methyl sites for hydroxylation is 3. The van der Waals surface area contributed by atoms with E-state index in [4.69, 9.17) is 0 Å². The van der Waals surface area contributed by atoms with E-state index < -0.39 is 0 Å². The second-order valence-corrected chi connectivity index (χ2v) is 5.64. The molecule has 0 spiro atoms. The molecule has 0 N–H and O–H groups in total. The maximum atomic E-state index is 4.67. The van der Waals surface area contributed by atoms with Crippen LogP contribution in [0.1, 0.15) is 56.2 Å². The van der Waals surface area contributed by atoms with Crippen molar-refractivity contribution in [2.24, 2.45) is 0 Å². The first-order valence-electron chi connectivity index (χ1n) is 7.03. The van der Waals surface area contributed by atoms with Crippen molar-refractivity contribution in [3.05, 3.63) is 35.4 Å². The molecule has 2 heterocycles. The van der Waals surface area contributed by atoms with Crippen LogP contribution in [0.15, 0.2) is 18.5 Å². The second-order valence-electron chi connectivity index (χ2n) is 5.64. The molecule has 1 unspecified atom stereocenters. The minimum Gasteiger partial charge on any atom is -0.270 e. The van der Waals surface area contributed by atoms with Gasteiger partial charge in [0, 0.05) is 30.2 Å². The molecule has 2 rings (SSSR count). The molecular formula is C15H24N4. The summed E-state index contributed by atoms with van der Waals surface area (Å²) in [5.74, 6) is 0. The first-order chi connectivity index (χ1) is 8.99. The van der Waals surface area contributed by atoms with Crippen LogP contribution in [0.3, 0.4) is 0 Å². The van der Waals surface area contributed by atoms with Gasteiger partial charge in [-0.15, -0.1) is 0 Å². The molecule has 19 heavy (non-hydrogen) atoms. The Morgan fingerprint density at radius 3 is 2.47 bits per heavy atom. The van der Waals surface area contributed by atoms with Gasteiger partial charge in [-0.3, -0.25) is 9.36 Å². The van der Waals surface area contributed by atoms with Gasteiger partial charge in [0.15, 0.2) is 0 Å². The lowest BCUT2D eigenvalue weighted by Crippen LogP contribution is -2.10. The monoisotopic (exact) mass is 260 g/mol. The van der Waals surface area contributed by atoms with Crippen LogP contribution in [0.2, 0.25) is 0 Å². The molecular weight excluding hydrogens is 236 g/mol. The van der Waals surface area contributed by atoms with Crippen LogP contribution in [-0.2, 0) is 6.42 Å². The minimum absolute atomic E-state index is 0.415. The van der Waals surface area contributed by atoms with Crippen LogP contribution in [0.4, 0.5) is 0 Å². The molecule has 2 aromatic rings. The molecule has 1 atom stereocenters. The number of aromatic nitrogens is 4. The first kappa shape index (κ1) is 13.8. The van der Waals surface area contributed by atoms with E-state index in [2.05, 4.69) is 66.4 Å². The normalized spacial score (nSPS) is 13.2. The van der Waals surface area contributed by atoms with Crippen LogP contribution >= 0.6 is 0 Å². The molecule has 4 heteroatoms. The van der Waals surface area contributed by atoms with Crippen molar-refractivity contribution in [2.75, 3.05) is 0 Å². The summed E-state index contributed by atoms with van der Waals surface area (Å²) in [5.41, 5.74) is 3.72. The number of nitrogens with zero attached hydrogens (tertiary/aromatic N) is 4. The Morgan fingerprint density at radius 1 is 1.21 bits per heavy atom. The highest BCUT2D eigenvalue weighted by atomic mass is 15.3. The summed E-state index contributed by atoms with van der Waals surface area (Å²) < 4.78 is 4.14. The molecule has 0 amide bonds. The smallest absolute Gasteiger partial charge is 0.0654 e. The summed E-state index contributed by atoms with van der Waals surface area (Å²) in [7, 11) is 0. The Morgan fingerprint density at radius 2 is 1.95 bits per heavy atom. The van der Waals surface area contributed by atoms with Gasteiger partial charge in [-0.1, -0.05) is 0 Å². The highest BCUT2D eigenvalue weighted by Gasteiger charge is 2.11. The van der Waals surface area contributed by atoms with Crippen molar-refractivity contribution < 1.29 is 0 Å². The first-order valence-corrected chi connectivity index (χ1v) is 7.03. The predicted octanol–water partition coefficient (Wildman–Crippen LogP) is 3.47. The molecule has 0 aromatic carbocycles. The summed E-state index contributed by atoms with van der Waals surface area (Å²) in [6, 6.07) is 2.90. The van der Waals surface area contributed by atoms with Gasteiger partial charge >= 0.3 is 0 Å². The second kappa shape index (κ2) is 5.59. The third kappa shape index (κ3) is 3.06. The lowest BCUT2D eigenvalue weighted by molar-refractivity contribution is 0.445. The van der Waals surface area contributed by atoms with E-state index in [0.29, 0.717) is 12.1 Å². The molecule has 0 aliphatic rings. The van der Waals surface area contributed by atoms with E-state index >= 15 is 0 Å². The van der Waals surface area contributed by atoms with E-state index in [-0.39, 0.29) is 0 Å². The van der Waals surface area contributed by atoms with Crippen molar-refractivity contribution in [1.29, 1.82) is 0 Å². The summed E-state index contributed by atoms with van der Waals surface area (Å²) in [5, 5.41) is 9.05. The summed E-state index contributed by atoms with van der Waals surface area (Å²) in [6.45, 7) is 10.8. The highest BCUT2D eigenvalue weighted by molar-refractivity contribution is 5.15. The lowest BCUT2D eigenvalue weighted by Gasteiger charge is -2.13. The fraction of sp³-hybridized carbons (Fsp3) is 0.600. The zero-order chi connectivity index (χ0) is 14.0. The third-order valence-electron chi connectivity index (χ3n) is 3.63. The molecule has 0 bridgehead atoms. The Kier molecular flexibility index (Phi) is 4.08. The van der Waals surface area contributed by atoms with E-state index in [1.54, 1.807) is 0 Å². The molecule has 2 aromatic heterocycles. The fourth-order valence-corrected chi connectivity index (χ4v) is 2.34. The Hall–Kier alpha value is -1.58. The highest BCUT2D eigenvalue weighted by Crippen LogP contribution is 2.18. The summed E-state index contributed by atoms with van der Waals surface area (Å²) >= 11 is 0. The Bertz CT molecular complexity index is 536. The van der Waals surface area contributed by atoms with E-state index in [9.17, 15) is 0 Å².